The molecule has 2 aromatic rings. The number of rotatable bonds is 5. The molecule has 160 valence electrons. The number of pyridine rings is 2. The van der Waals surface area contributed by atoms with E-state index in [1.807, 2.05) is 18.2 Å². The lowest BCUT2D eigenvalue weighted by Gasteiger charge is -2.35. The molecule has 2 fully saturated rings. The summed E-state index contributed by atoms with van der Waals surface area (Å²) in [4.78, 5) is 61.9. The molecule has 2 aromatic heterocycles. The van der Waals surface area contributed by atoms with Gasteiger partial charge < -0.3 is 9.80 Å². The summed E-state index contributed by atoms with van der Waals surface area (Å²) in [6.45, 7) is 1.82. The molecule has 0 saturated carbocycles. The first kappa shape index (κ1) is 20.6. The van der Waals surface area contributed by atoms with Crippen LogP contribution in [0.2, 0.25) is 0 Å². The van der Waals surface area contributed by atoms with Gasteiger partial charge in [-0.1, -0.05) is 6.07 Å². The molecule has 2 aliphatic heterocycles. The summed E-state index contributed by atoms with van der Waals surface area (Å²) in [6.07, 6.45) is 3.84. The van der Waals surface area contributed by atoms with Crippen molar-refractivity contribution in [3.63, 3.8) is 0 Å². The fraction of sp³-hybridized carbons (Fsp3) is 0.364. The molecule has 0 spiro atoms. The second-order valence-electron chi connectivity index (χ2n) is 7.51. The lowest BCUT2D eigenvalue weighted by molar-refractivity contribution is -0.139. The van der Waals surface area contributed by atoms with Gasteiger partial charge in [-0.05, 0) is 24.3 Å². The predicted octanol–water partition coefficient (Wildman–Crippen LogP) is 0.967. The van der Waals surface area contributed by atoms with Crippen LogP contribution in [-0.2, 0) is 14.4 Å². The van der Waals surface area contributed by atoms with Crippen LogP contribution in [0.25, 0.3) is 11.4 Å². The zero-order valence-corrected chi connectivity index (χ0v) is 17.1. The molecule has 0 unspecified atom stereocenters. The summed E-state index contributed by atoms with van der Waals surface area (Å²) >= 11 is 0. The fourth-order valence-electron chi connectivity index (χ4n) is 3.80. The van der Waals surface area contributed by atoms with Crippen molar-refractivity contribution in [1.29, 1.82) is 0 Å². The number of carbonyl (C=O) groups excluding carboxylic acids is 4. The van der Waals surface area contributed by atoms with Gasteiger partial charge in [0.25, 0.3) is 5.91 Å². The smallest absolute Gasteiger partial charge is 0.254 e. The van der Waals surface area contributed by atoms with E-state index in [4.69, 9.17) is 0 Å². The van der Waals surface area contributed by atoms with Crippen molar-refractivity contribution in [3.05, 3.63) is 48.3 Å². The van der Waals surface area contributed by atoms with Gasteiger partial charge in [-0.3, -0.25) is 34.0 Å². The Kier molecular flexibility index (Phi) is 6.01. The molecule has 31 heavy (non-hydrogen) atoms. The van der Waals surface area contributed by atoms with Gasteiger partial charge in [-0.2, -0.15) is 0 Å². The molecule has 4 heterocycles. The van der Waals surface area contributed by atoms with Crippen LogP contribution in [-0.4, -0.2) is 81.0 Å². The zero-order valence-electron chi connectivity index (χ0n) is 17.1. The molecular weight excluding hydrogens is 398 g/mol. The number of piperazine rings is 1. The van der Waals surface area contributed by atoms with Crippen LogP contribution in [0.1, 0.15) is 29.6 Å². The lowest BCUT2D eigenvalue weighted by atomic mass is 10.1. The number of hydrogen-bond donors (Lipinski definition) is 0. The van der Waals surface area contributed by atoms with Crippen LogP contribution in [0.5, 0.6) is 0 Å². The molecule has 2 saturated heterocycles. The quantitative estimate of drug-likeness (QED) is 0.667. The third-order valence-electron chi connectivity index (χ3n) is 5.56. The molecule has 4 rings (SSSR count). The van der Waals surface area contributed by atoms with E-state index in [0.29, 0.717) is 43.1 Å². The Labute approximate surface area is 179 Å². The van der Waals surface area contributed by atoms with E-state index in [2.05, 4.69) is 9.97 Å². The Morgan fingerprint density at radius 2 is 1.52 bits per heavy atom. The summed E-state index contributed by atoms with van der Waals surface area (Å²) in [5.41, 5.74) is 1.86. The summed E-state index contributed by atoms with van der Waals surface area (Å²) in [5.74, 6) is -0.646. The van der Waals surface area contributed by atoms with Gasteiger partial charge in [0, 0.05) is 69.9 Å². The molecule has 0 aromatic carbocycles. The topological polar surface area (TPSA) is 104 Å². The van der Waals surface area contributed by atoms with E-state index in [0.717, 1.165) is 0 Å². The number of aromatic nitrogens is 2. The highest BCUT2D eigenvalue weighted by molar-refractivity contribution is 6.02. The van der Waals surface area contributed by atoms with Crippen LogP contribution in [0, 0.1) is 0 Å². The van der Waals surface area contributed by atoms with Crippen LogP contribution < -0.4 is 0 Å². The van der Waals surface area contributed by atoms with E-state index < -0.39 is 0 Å². The molecule has 2 aliphatic rings. The fourth-order valence-corrected chi connectivity index (χ4v) is 3.80. The van der Waals surface area contributed by atoms with E-state index in [1.54, 1.807) is 34.3 Å². The Hall–Kier alpha value is -3.62. The average Bonchev–Trinajstić information content (AvgIpc) is 3.14. The predicted molar refractivity (Wildman–Crippen MR) is 111 cm³/mol. The van der Waals surface area contributed by atoms with Gasteiger partial charge in [0.15, 0.2) is 0 Å². The van der Waals surface area contributed by atoms with E-state index in [1.165, 1.54) is 4.90 Å². The van der Waals surface area contributed by atoms with Gasteiger partial charge in [0.2, 0.25) is 17.7 Å². The molecular formula is C22H23N5O4. The molecule has 0 radical (unpaired) electrons. The number of likely N-dealkylation sites (tertiary alicyclic amines) is 1. The minimum absolute atomic E-state index is 0.110. The van der Waals surface area contributed by atoms with Crippen molar-refractivity contribution in [2.75, 3.05) is 32.7 Å². The lowest BCUT2D eigenvalue weighted by Crippen LogP contribution is -2.51. The van der Waals surface area contributed by atoms with E-state index in [9.17, 15) is 19.2 Å². The first-order valence-corrected chi connectivity index (χ1v) is 10.3. The van der Waals surface area contributed by atoms with Crippen LogP contribution >= 0.6 is 0 Å². The third-order valence-corrected chi connectivity index (χ3v) is 5.56. The largest absolute Gasteiger partial charge is 0.339 e. The molecule has 0 aliphatic carbocycles. The highest BCUT2D eigenvalue weighted by atomic mass is 16.2. The maximum absolute atomic E-state index is 12.9. The number of nitrogens with zero attached hydrogens (tertiary/aromatic N) is 5. The van der Waals surface area contributed by atoms with Crippen LogP contribution in [0.3, 0.4) is 0 Å². The van der Waals surface area contributed by atoms with Gasteiger partial charge in [0.1, 0.15) is 0 Å². The maximum Gasteiger partial charge on any atom is 0.254 e. The standard InChI is InChI=1S/C22H23N5O4/c28-19(7-10-27-20(29)4-5-21(27)30)25-11-13-26(14-12-25)22(31)16-6-9-24-18(15-16)17-3-1-2-8-23-17/h1-3,6,8-9,15H,4-5,7,10-14H2. The summed E-state index contributed by atoms with van der Waals surface area (Å²) in [5, 5.41) is 0. The first-order chi connectivity index (χ1) is 15.0. The Balaban J connectivity index is 1.31. The van der Waals surface area contributed by atoms with Gasteiger partial charge in [0.05, 0.1) is 11.4 Å². The van der Waals surface area contributed by atoms with Crippen LogP contribution in [0.4, 0.5) is 0 Å². The second-order valence-corrected chi connectivity index (χ2v) is 7.51. The summed E-state index contributed by atoms with van der Waals surface area (Å²) in [7, 11) is 0. The van der Waals surface area contributed by atoms with Crippen molar-refractivity contribution < 1.29 is 19.2 Å². The first-order valence-electron chi connectivity index (χ1n) is 10.3. The number of amides is 4. The summed E-state index contributed by atoms with van der Waals surface area (Å²) < 4.78 is 0. The van der Waals surface area contributed by atoms with Gasteiger partial charge in [-0.15, -0.1) is 0 Å². The Bertz CT molecular complexity index is 986. The number of carbonyl (C=O) groups is 4. The molecule has 9 heteroatoms. The van der Waals surface area contributed by atoms with Gasteiger partial charge in [-0.25, -0.2) is 0 Å². The number of hydrogen-bond acceptors (Lipinski definition) is 6. The minimum Gasteiger partial charge on any atom is -0.339 e. The van der Waals surface area contributed by atoms with Crippen molar-refractivity contribution >= 4 is 23.6 Å². The van der Waals surface area contributed by atoms with Crippen molar-refractivity contribution in [3.8, 4) is 11.4 Å². The second kappa shape index (κ2) is 9.03. The highest BCUT2D eigenvalue weighted by Crippen LogP contribution is 2.17. The average molecular weight is 421 g/mol. The highest BCUT2D eigenvalue weighted by Gasteiger charge is 2.30. The Morgan fingerprint density at radius 1 is 0.839 bits per heavy atom. The zero-order chi connectivity index (χ0) is 21.8. The molecule has 4 amide bonds. The van der Waals surface area contributed by atoms with Crippen molar-refractivity contribution in [2.45, 2.75) is 19.3 Å². The molecule has 0 atom stereocenters. The minimum atomic E-state index is -0.212. The number of imide groups is 1. The molecule has 0 bridgehead atoms. The maximum atomic E-state index is 12.9. The van der Waals surface area contributed by atoms with E-state index >= 15 is 0 Å². The van der Waals surface area contributed by atoms with Gasteiger partial charge >= 0.3 is 0 Å². The van der Waals surface area contributed by atoms with Crippen molar-refractivity contribution in [2.24, 2.45) is 0 Å². The summed E-state index contributed by atoms with van der Waals surface area (Å²) in [6, 6.07) is 8.93. The van der Waals surface area contributed by atoms with Crippen molar-refractivity contribution in [1.82, 2.24) is 24.7 Å². The molecule has 9 nitrogen and oxygen atoms in total. The SMILES string of the molecule is O=C(CCN1C(=O)CCC1=O)N1CCN(C(=O)c2ccnc(-c3ccccn3)c2)CC1. The van der Waals surface area contributed by atoms with Crippen LogP contribution in [0.15, 0.2) is 42.7 Å². The Morgan fingerprint density at radius 3 is 2.19 bits per heavy atom. The molecule has 0 N–H and O–H groups in total. The third kappa shape index (κ3) is 4.60. The normalized spacial score (nSPS) is 16.7. The monoisotopic (exact) mass is 421 g/mol. The van der Waals surface area contributed by atoms with E-state index in [-0.39, 0.29) is 49.4 Å².